The molecule has 0 saturated heterocycles. The van der Waals surface area contributed by atoms with E-state index in [0.29, 0.717) is 5.69 Å². The van der Waals surface area contributed by atoms with Crippen molar-refractivity contribution in [2.45, 2.75) is 25.8 Å². The first-order chi connectivity index (χ1) is 8.92. The van der Waals surface area contributed by atoms with Crippen molar-refractivity contribution in [2.24, 2.45) is 0 Å². The molecule has 0 aliphatic carbocycles. The van der Waals surface area contributed by atoms with E-state index in [1.165, 1.54) is 11.3 Å². The van der Waals surface area contributed by atoms with Crippen LogP contribution < -0.4 is 5.32 Å². The monoisotopic (exact) mass is 286 g/mol. The largest absolute Gasteiger partial charge is 0.480 e. The summed E-state index contributed by atoms with van der Waals surface area (Å²) in [5, 5.41) is 13.7. The van der Waals surface area contributed by atoms with Crippen LogP contribution in [0.15, 0.2) is 5.38 Å². The van der Waals surface area contributed by atoms with Gasteiger partial charge in [-0.05, 0) is 6.92 Å². The molecule has 1 heterocycles. The molecule has 104 valence electrons. The number of aromatic nitrogens is 1. The zero-order valence-electron chi connectivity index (χ0n) is 10.5. The lowest BCUT2D eigenvalue weighted by Crippen LogP contribution is -2.43. The number of amides is 1. The van der Waals surface area contributed by atoms with E-state index in [1.807, 2.05) is 6.92 Å². The number of methoxy groups -OCH3 is 1. The van der Waals surface area contributed by atoms with E-state index in [4.69, 9.17) is 5.11 Å². The molecule has 1 rings (SSSR count). The molecular formula is C11H14N2O5S. The van der Waals surface area contributed by atoms with Crippen molar-refractivity contribution >= 4 is 29.2 Å². The Morgan fingerprint density at radius 3 is 2.68 bits per heavy atom. The van der Waals surface area contributed by atoms with Gasteiger partial charge in [0, 0.05) is 5.38 Å². The van der Waals surface area contributed by atoms with Crippen LogP contribution in [0.5, 0.6) is 0 Å². The Labute approximate surface area is 113 Å². The number of rotatable bonds is 6. The minimum absolute atomic E-state index is 0.0186. The number of carboxylic acids is 1. The second kappa shape index (κ2) is 6.83. The molecule has 1 aromatic rings. The maximum absolute atomic E-state index is 11.6. The maximum atomic E-state index is 11.6. The van der Waals surface area contributed by atoms with Gasteiger partial charge in [-0.2, -0.15) is 0 Å². The molecule has 0 spiro atoms. The van der Waals surface area contributed by atoms with Crippen LogP contribution in [0.1, 0.15) is 17.1 Å². The van der Waals surface area contributed by atoms with Crippen LogP contribution in [0.3, 0.4) is 0 Å². The third-order valence-electron chi connectivity index (χ3n) is 2.24. The molecule has 1 atom stereocenters. The van der Waals surface area contributed by atoms with Crippen molar-refractivity contribution in [3.8, 4) is 0 Å². The molecule has 0 unspecified atom stereocenters. The van der Waals surface area contributed by atoms with E-state index in [2.05, 4.69) is 15.0 Å². The van der Waals surface area contributed by atoms with Gasteiger partial charge in [0.1, 0.15) is 6.04 Å². The van der Waals surface area contributed by atoms with Crippen LogP contribution in [-0.2, 0) is 25.5 Å². The summed E-state index contributed by atoms with van der Waals surface area (Å²) < 4.78 is 4.37. The highest BCUT2D eigenvalue weighted by atomic mass is 32.1. The minimum atomic E-state index is -1.29. The number of carbonyl (C=O) groups excluding carboxylic acids is 2. The fraction of sp³-hybridized carbons (Fsp3) is 0.455. The van der Waals surface area contributed by atoms with Gasteiger partial charge in [0.15, 0.2) is 0 Å². The molecule has 2 N–H and O–H groups in total. The van der Waals surface area contributed by atoms with Crippen LogP contribution >= 0.6 is 11.3 Å². The predicted molar refractivity (Wildman–Crippen MR) is 66.8 cm³/mol. The molecule has 0 saturated carbocycles. The lowest BCUT2D eigenvalue weighted by atomic mass is 10.2. The molecule has 8 heteroatoms. The maximum Gasteiger partial charge on any atom is 0.326 e. The van der Waals surface area contributed by atoms with Crippen LogP contribution in [0, 0.1) is 6.92 Å². The lowest BCUT2D eigenvalue weighted by Gasteiger charge is -2.12. The van der Waals surface area contributed by atoms with Gasteiger partial charge in [-0.15, -0.1) is 11.3 Å². The second-order valence-corrected chi connectivity index (χ2v) is 4.84. The summed E-state index contributed by atoms with van der Waals surface area (Å²) in [6, 6.07) is -1.29. The average molecular weight is 286 g/mol. The zero-order chi connectivity index (χ0) is 14.4. The van der Waals surface area contributed by atoms with E-state index in [9.17, 15) is 14.4 Å². The highest BCUT2D eigenvalue weighted by Gasteiger charge is 2.23. The van der Waals surface area contributed by atoms with Crippen molar-refractivity contribution in [1.82, 2.24) is 10.3 Å². The molecular weight excluding hydrogens is 272 g/mol. The molecule has 19 heavy (non-hydrogen) atoms. The van der Waals surface area contributed by atoms with Crippen molar-refractivity contribution in [2.75, 3.05) is 7.11 Å². The standard InChI is InChI=1S/C11H14N2O5S/c1-6-12-7(5-19-6)3-9(14)13-8(11(16)17)4-10(15)18-2/h5,8H,3-4H2,1-2H3,(H,13,14)(H,16,17)/t8-/m0/s1. The van der Waals surface area contributed by atoms with E-state index >= 15 is 0 Å². The summed E-state index contributed by atoms with van der Waals surface area (Å²) in [5.74, 6) is -2.48. The van der Waals surface area contributed by atoms with Crippen LogP contribution in [0.4, 0.5) is 0 Å². The molecule has 0 aromatic carbocycles. The highest BCUT2D eigenvalue weighted by Crippen LogP contribution is 2.08. The first-order valence-electron chi connectivity index (χ1n) is 5.42. The van der Waals surface area contributed by atoms with Crippen molar-refractivity contribution < 1.29 is 24.2 Å². The Morgan fingerprint density at radius 1 is 1.53 bits per heavy atom. The van der Waals surface area contributed by atoms with Gasteiger partial charge in [0.05, 0.1) is 30.7 Å². The second-order valence-electron chi connectivity index (χ2n) is 3.77. The summed E-state index contributed by atoms with van der Waals surface area (Å²) in [4.78, 5) is 37.7. The number of hydrogen-bond donors (Lipinski definition) is 2. The summed E-state index contributed by atoms with van der Waals surface area (Å²) >= 11 is 1.40. The Morgan fingerprint density at radius 2 is 2.21 bits per heavy atom. The molecule has 7 nitrogen and oxygen atoms in total. The van der Waals surface area contributed by atoms with Crippen LogP contribution in [-0.4, -0.2) is 41.1 Å². The smallest absolute Gasteiger partial charge is 0.326 e. The molecule has 0 fully saturated rings. The van der Waals surface area contributed by atoms with Gasteiger partial charge in [0.25, 0.3) is 0 Å². The number of hydrogen-bond acceptors (Lipinski definition) is 6. The van der Waals surface area contributed by atoms with Gasteiger partial charge >= 0.3 is 11.9 Å². The molecule has 0 aliphatic heterocycles. The number of nitrogens with one attached hydrogen (secondary N) is 1. The van der Waals surface area contributed by atoms with Crippen molar-refractivity contribution in [1.29, 1.82) is 0 Å². The normalized spacial score (nSPS) is 11.7. The number of ether oxygens (including phenoxy) is 1. The molecule has 1 aromatic heterocycles. The number of carboxylic acid groups (broad SMARTS) is 1. The Kier molecular flexibility index (Phi) is 5.43. The topological polar surface area (TPSA) is 106 Å². The molecule has 0 bridgehead atoms. The molecule has 1 amide bonds. The predicted octanol–water partition coefficient (Wildman–Crippen LogP) is 0.127. The van der Waals surface area contributed by atoms with Gasteiger partial charge in [0.2, 0.25) is 5.91 Å². The van der Waals surface area contributed by atoms with Gasteiger partial charge in [-0.1, -0.05) is 0 Å². The average Bonchev–Trinajstić information content (AvgIpc) is 2.73. The first-order valence-corrected chi connectivity index (χ1v) is 6.30. The number of esters is 1. The van der Waals surface area contributed by atoms with E-state index in [1.54, 1.807) is 5.38 Å². The summed E-state index contributed by atoms with van der Waals surface area (Å²) in [5.41, 5.74) is 0.571. The lowest BCUT2D eigenvalue weighted by molar-refractivity contribution is -0.148. The summed E-state index contributed by atoms with van der Waals surface area (Å²) in [6.45, 7) is 1.81. The van der Waals surface area contributed by atoms with Gasteiger partial charge in [-0.3, -0.25) is 9.59 Å². The SMILES string of the molecule is COC(=O)C[C@H](NC(=O)Cc1csc(C)n1)C(=O)O. The fourth-order valence-corrected chi connectivity index (χ4v) is 1.96. The molecule has 0 aliphatic rings. The Bertz CT molecular complexity index is 485. The third kappa shape index (κ3) is 5.04. The quantitative estimate of drug-likeness (QED) is 0.720. The number of thiazole rings is 1. The van der Waals surface area contributed by atoms with E-state index in [-0.39, 0.29) is 6.42 Å². The van der Waals surface area contributed by atoms with E-state index in [0.717, 1.165) is 12.1 Å². The number of aliphatic carboxylic acids is 1. The van der Waals surface area contributed by atoms with Crippen molar-refractivity contribution in [3.05, 3.63) is 16.1 Å². The number of carbonyl (C=O) groups is 3. The van der Waals surface area contributed by atoms with Crippen LogP contribution in [0.2, 0.25) is 0 Å². The summed E-state index contributed by atoms with van der Waals surface area (Å²) in [7, 11) is 1.15. The van der Waals surface area contributed by atoms with Gasteiger partial charge < -0.3 is 15.2 Å². The van der Waals surface area contributed by atoms with E-state index < -0.39 is 30.3 Å². The molecule has 0 radical (unpaired) electrons. The van der Waals surface area contributed by atoms with Gasteiger partial charge in [-0.25, -0.2) is 9.78 Å². The zero-order valence-corrected chi connectivity index (χ0v) is 11.3. The number of aryl methyl sites for hydroxylation is 1. The Hall–Kier alpha value is -1.96. The van der Waals surface area contributed by atoms with Crippen molar-refractivity contribution in [3.63, 3.8) is 0 Å². The first kappa shape index (κ1) is 15.1. The Balaban J connectivity index is 2.56. The summed E-state index contributed by atoms with van der Waals surface area (Å²) in [6.07, 6.45) is -0.428. The third-order valence-corrected chi connectivity index (χ3v) is 3.06. The van der Waals surface area contributed by atoms with Crippen LogP contribution in [0.25, 0.3) is 0 Å². The highest BCUT2D eigenvalue weighted by molar-refractivity contribution is 7.09. The minimum Gasteiger partial charge on any atom is -0.480 e. The fourth-order valence-electron chi connectivity index (χ4n) is 1.35. The number of nitrogens with zero attached hydrogens (tertiary/aromatic N) is 1.